The lowest BCUT2D eigenvalue weighted by Gasteiger charge is -2.24. The van der Waals surface area contributed by atoms with Gasteiger partial charge in [0.1, 0.15) is 0 Å². The summed E-state index contributed by atoms with van der Waals surface area (Å²) in [4.78, 5) is 27.4. The summed E-state index contributed by atoms with van der Waals surface area (Å²) in [5, 5.41) is 13.4. The Morgan fingerprint density at radius 3 is 2.44 bits per heavy atom. The third-order valence-electron chi connectivity index (χ3n) is 5.42. The summed E-state index contributed by atoms with van der Waals surface area (Å²) in [7, 11) is 0. The van der Waals surface area contributed by atoms with Crippen molar-refractivity contribution in [2.24, 2.45) is 0 Å². The zero-order valence-corrected chi connectivity index (χ0v) is 20.6. The highest BCUT2D eigenvalue weighted by Gasteiger charge is 2.34. The zero-order chi connectivity index (χ0) is 24.1. The van der Waals surface area contributed by atoms with Gasteiger partial charge in [-0.25, -0.2) is 0 Å². The van der Waals surface area contributed by atoms with Crippen LogP contribution >= 0.6 is 35.0 Å². The van der Waals surface area contributed by atoms with Crippen LogP contribution in [0.1, 0.15) is 35.1 Å². The average Bonchev–Trinajstić information content (AvgIpc) is 3.46. The lowest BCUT2D eigenvalue weighted by molar-refractivity contribution is -0.113. The molecule has 176 valence electrons. The number of carbonyl (C=O) groups excluding carboxylic acids is 2. The van der Waals surface area contributed by atoms with E-state index in [2.05, 4.69) is 22.1 Å². The standard InChI is InChI=1S/C24H23Cl2N5O2S/c1-2-13-31-22(20-4-3-14-30(20)23(33)16-5-7-17(25)8-6-16)28-29-24(31)34-15-21(32)27-19-11-9-18(26)10-12-19/h2,5-12,20H,1,3-4,13-15H2,(H,27,32). The van der Waals surface area contributed by atoms with Gasteiger partial charge in [0.05, 0.1) is 11.8 Å². The summed E-state index contributed by atoms with van der Waals surface area (Å²) in [5.74, 6) is 0.627. The summed E-state index contributed by atoms with van der Waals surface area (Å²) < 4.78 is 1.92. The summed E-state index contributed by atoms with van der Waals surface area (Å²) in [5.41, 5.74) is 1.25. The van der Waals surface area contributed by atoms with Gasteiger partial charge >= 0.3 is 0 Å². The minimum atomic E-state index is -0.201. The van der Waals surface area contributed by atoms with Crippen LogP contribution in [-0.4, -0.2) is 43.8 Å². The molecule has 1 unspecified atom stereocenters. The van der Waals surface area contributed by atoms with Crippen molar-refractivity contribution >= 4 is 52.5 Å². The van der Waals surface area contributed by atoms with Gasteiger partial charge in [-0.3, -0.25) is 9.59 Å². The number of allylic oxidation sites excluding steroid dienone is 1. The number of halogens is 2. The second kappa shape index (κ2) is 11.1. The van der Waals surface area contributed by atoms with Gasteiger partial charge in [-0.1, -0.05) is 41.0 Å². The number of benzene rings is 2. The van der Waals surface area contributed by atoms with E-state index in [1.165, 1.54) is 11.8 Å². The minimum absolute atomic E-state index is 0.0659. The molecule has 1 aliphatic rings. The van der Waals surface area contributed by atoms with Gasteiger partial charge in [0.25, 0.3) is 5.91 Å². The van der Waals surface area contributed by atoms with E-state index in [1.54, 1.807) is 54.6 Å². The maximum atomic E-state index is 13.2. The van der Waals surface area contributed by atoms with Gasteiger partial charge in [-0.2, -0.15) is 0 Å². The predicted octanol–water partition coefficient (Wildman–Crippen LogP) is 5.48. The second-order valence-corrected chi connectivity index (χ2v) is 9.56. The third kappa shape index (κ3) is 5.63. The molecule has 1 N–H and O–H groups in total. The quantitative estimate of drug-likeness (QED) is 0.317. The van der Waals surface area contributed by atoms with Crippen molar-refractivity contribution in [2.45, 2.75) is 30.6 Å². The molecular weight excluding hydrogens is 493 g/mol. The van der Waals surface area contributed by atoms with Crippen molar-refractivity contribution in [2.75, 3.05) is 17.6 Å². The Morgan fingerprint density at radius 2 is 1.76 bits per heavy atom. The van der Waals surface area contributed by atoms with Crippen molar-refractivity contribution in [3.05, 3.63) is 82.6 Å². The fourth-order valence-corrected chi connectivity index (χ4v) is 4.86. The lowest BCUT2D eigenvalue weighted by Crippen LogP contribution is -2.32. The molecule has 0 radical (unpaired) electrons. The molecule has 1 saturated heterocycles. The molecule has 4 rings (SSSR count). The average molecular weight is 516 g/mol. The Labute approximate surface area is 212 Å². The maximum absolute atomic E-state index is 13.2. The van der Waals surface area contributed by atoms with Gasteiger partial charge in [-0.05, 0) is 61.4 Å². The van der Waals surface area contributed by atoms with E-state index in [-0.39, 0.29) is 23.6 Å². The molecule has 1 atom stereocenters. The van der Waals surface area contributed by atoms with Crippen molar-refractivity contribution < 1.29 is 9.59 Å². The van der Waals surface area contributed by atoms with E-state index in [4.69, 9.17) is 23.2 Å². The van der Waals surface area contributed by atoms with E-state index >= 15 is 0 Å². The van der Waals surface area contributed by atoms with E-state index in [9.17, 15) is 9.59 Å². The highest BCUT2D eigenvalue weighted by atomic mass is 35.5. The molecule has 10 heteroatoms. The first kappa shape index (κ1) is 24.3. The van der Waals surface area contributed by atoms with Gasteiger partial charge in [-0.15, -0.1) is 16.8 Å². The summed E-state index contributed by atoms with van der Waals surface area (Å²) in [6.07, 6.45) is 3.41. The number of rotatable bonds is 8. The molecule has 1 aromatic heterocycles. The Bertz CT molecular complexity index is 1180. The number of carbonyl (C=O) groups is 2. The number of likely N-dealkylation sites (tertiary alicyclic amines) is 1. The van der Waals surface area contributed by atoms with Crippen LogP contribution in [0.5, 0.6) is 0 Å². The minimum Gasteiger partial charge on any atom is -0.328 e. The van der Waals surface area contributed by atoms with Crippen LogP contribution in [-0.2, 0) is 11.3 Å². The highest BCUT2D eigenvalue weighted by Crippen LogP contribution is 2.34. The largest absolute Gasteiger partial charge is 0.328 e. The number of aromatic nitrogens is 3. The molecule has 1 fully saturated rings. The Kier molecular flexibility index (Phi) is 7.92. The van der Waals surface area contributed by atoms with E-state index in [0.717, 1.165) is 12.8 Å². The molecule has 34 heavy (non-hydrogen) atoms. The summed E-state index contributed by atoms with van der Waals surface area (Å²) >= 11 is 13.2. The van der Waals surface area contributed by atoms with Crippen molar-refractivity contribution in [3.8, 4) is 0 Å². The van der Waals surface area contributed by atoms with Crippen molar-refractivity contribution in [3.63, 3.8) is 0 Å². The Hall–Kier alpha value is -2.81. The van der Waals surface area contributed by atoms with Gasteiger partial charge < -0.3 is 14.8 Å². The van der Waals surface area contributed by atoms with E-state index < -0.39 is 0 Å². The Morgan fingerprint density at radius 1 is 1.09 bits per heavy atom. The molecule has 0 spiro atoms. The molecule has 2 aromatic carbocycles. The van der Waals surface area contributed by atoms with E-state index in [0.29, 0.717) is 45.4 Å². The molecule has 0 bridgehead atoms. The van der Waals surface area contributed by atoms with Gasteiger partial charge in [0, 0.05) is 34.4 Å². The monoisotopic (exact) mass is 515 g/mol. The van der Waals surface area contributed by atoms with Crippen LogP contribution in [0.15, 0.2) is 66.3 Å². The SMILES string of the molecule is C=CCn1c(SCC(=O)Nc2ccc(Cl)cc2)nnc1C1CCCN1C(=O)c1ccc(Cl)cc1. The van der Waals surface area contributed by atoms with Crippen LogP contribution in [0, 0.1) is 0 Å². The number of nitrogens with zero attached hydrogens (tertiary/aromatic N) is 4. The first-order chi connectivity index (χ1) is 16.5. The van der Waals surface area contributed by atoms with Crippen LogP contribution in [0.25, 0.3) is 0 Å². The van der Waals surface area contributed by atoms with Gasteiger partial charge in [0.2, 0.25) is 5.91 Å². The smallest absolute Gasteiger partial charge is 0.254 e. The molecule has 0 saturated carbocycles. The van der Waals surface area contributed by atoms with Crippen LogP contribution in [0.3, 0.4) is 0 Å². The van der Waals surface area contributed by atoms with Crippen molar-refractivity contribution in [1.29, 1.82) is 0 Å². The fraction of sp³-hybridized carbons (Fsp3) is 0.250. The molecule has 2 heterocycles. The molecule has 1 aliphatic heterocycles. The molecule has 2 amide bonds. The molecule has 7 nitrogen and oxygen atoms in total. The molecular formula is C24H23Cl2N5O2S. The number of anilines is 1. The summed E-state index contributed by atoms with van der Waals surface area (Å²) in [6, 6.07) is 13.6. The number of amides is 2. The van der Waals surface area contributed by atoms with E-state index in [1.807, 2.05) is 9.47 Å². The first-order valence-electron chi connectivity index (χ1n) is 10.7. The number of nitrogens with one attached hydrogen (secondary N) is 1. The number of hydrogen-bond acceptors (Lipinski definition) is 5. The maximum Gasteiger partial charge on any atom is 0.254 e. The fourth-order valence-electron chi connectivity index (χ4n) is 3.85. The van der Waals surface area contributed by atoms with Gasteiger partial charge in [0.15, 0.2) is 11.0 Å². The van der Waals surface area contributed by atoms with Crippen LogP contribution < -0.4 is 5.32 Å². The molecule has 0 aliphatic carbocycles. The zero-order valence-electron chi connectivity index (χ0n) is 18.3. The summed E-state index contributed by atoms with van der Waals surface area (Å²) in [6.45, 7) is 4.96. The van der Waals surface area contributed by atoms with Crippen molar-refractivity contribution in [1.82, 2.24) is 19.7 Å². The normalized spacial score (nSPS) is 15.4. The highest BCUT2D eigenvalue weighted by molar-refractivity contribution is 7.99. The van der Waals surface area contributed by atoms with Crippen LogP contribution in [0.4, 0.5) is 5.69 Å². The Balaban J connectivity index is 1.48. The first-order valence-corrected chi connectivity index (χ1v) is 12.5. The van der Waals surface area contributed by atoms with Crippen LogP contribution in [0.2, 0.25) is 10.0 Å². The topological polar surface area (TPSA) is 80.1 Å². The molecule has 3 aromatic rings. The number of thioether (sulfide) groups is 1. The second-order valence-electron chi connectivity index (χ2n) is 7.75. The lowest BCUT2D eigenvalue weighted by atomic mass is 10.1. The third-order valence-corrected chi connectivity index (χ3v) is 6.89. The predicted molar refractivity (Wildman–Crippen MR) is 135 cm³/mol. The number of hydrogen-bond donors (Lipinski definition) is 1.